The summed E-state index contributed by atoms with van der Waals surface area (Å²) in [7, 11) is 0. The molecule has 0 fully saturated rings. The van der Waals surface area contributed by atoms with Crippen LogP contribution in [-0.2, 0) is 0 Å². The zero-order chi connectivity index (χ0) is 14.0. The Morgan fingerprint density at radius 3 is 2.11 bits per heavy atom. The smallest absolute Gasteiger partial charge is 0.159 e. The molecule has 0 spiro atoms. The van der Waals surface area contributed by atoms with Crippen LogP contribution < -0.4 is 0 Å². The fourth-order valence-corrected chi connectivity index (χ4v) is 0.798. The van der Waals surface area contributed by atoms with E-state index in [1.807, 2.05) is 18.3 Å². The summed E-state index contributed by atoms with van der Waals surface area (Å²) in [5.41, 5.74) is 0.845. The van der Waals surface area contributed by atoms with E-state index < -0.39 is 0 Å². The first-order valence-electron chi connectivity index (χ1n) is 6.72. The number of hydrogen-bond donors (Lipinski definition) is 1. The number of fused-ring (bicyclic) bond motifs is 1. The van der Waals surface area contributed by atoms with Crippen LogP contribution in [-0.4, -0.2) is 15.2 Å². The van der Waals surface area contributed by atoms with Gasteiger partial charge in [0.15, 0.2) is 5.65 Å². The molecule has 2 aromatic heterocycles. The average Bonchev–Trinajstić information content (AvgIpc) is 2.77. The molecule has 0 aliphatic heterocycles. The van der Waals surface area contributed by atoms with Crippen LogP contribution in [0.4, 0.5) is 0 Å². The van der Waals surface area contributed by atoms with E-state index in [2.05, 4.69) is 56.7 Å². The van der Waals surface area contributed by atoms with Crippen molar-refractivity contribution in [3.8, 4) is 0 Å². The Bertz CT molecular complexity index is 372. The third kappa shape index (κ3) is 8.74. The van der Waals surface area contributed by atoms with E-state index >= 15 is 0 Å². The van der Waals surface area contributed by atoms with Gasteiger partial charge in [-0.2, -0.15) is 5.10 Å². The van der Waals surface area contributed by atoms with Crippen LogP contribution in [0.2, 0.25) is 0 Å². The molecule has 0 bridgehead atoms. The third-order valence-electron chi connectivity index (χ3n) is 2.05. The number of aromatic nitrogens is 3. The van der Waals surface area contributed by atoms with Crippen LogP contribution in [0, 0.1) is 11.8 Å². The van der Waals surface area contributed by atoms with Crippen molar-refractivity contribution in [1.29, 1.82) is 0 Å². The molecule has 2 aromatic rings. The maximum Gasteiger partial charge on any atom is 0.159 e. The minimum atomic E-state index is 0.833. The first-order chi connectivity index (χ1) is 8.47. The van der Waals surface area contributed by atoms with Gasteiger partial charge in [0, 0.05) is 11.6 Å². The predicted molar refractivity (Wildman–Crippen MR) is 79.5 cm³/mol. The number of rotatable bonds is 1. The van der Waals surface area contributed by atoms with Crippen LogP contribution >= 0.6 is 0 Å². The first kappa shape index (κ1) is 16.6. The second kappa shape index (κ2) is 9.63. The molecule has 0 aliphatic carbocycles. The molecular formula is C15H27N3. The summed E-state index contributed by atoms with van der Waals surface area (Å²) in [6.45, 7) is 13.1. The zero-order valence-electron chi connectivity index (χ0n) is 12.6. The lowest BCUT2D eigenvalue weighted by atomic mass is 10.2. The van der Waals surface area contributed by atoms with Crippen LogP contribution in [0.25, 0.3) is 11.0 Å². The SMILES string of the molecule is CC(C)C.CCC(C)C.c1cc2cc[nH]c2nn1. The van der Waals surface area contributed by atoms with Crippen molar-refractivity contribution >= 4 is 11.0 Å². The highest BCUT2D eigenvalue weighted by atomic mass is 15.1. The molecule has 2 rings (SSSR count). The molecule has 0 unspecified atom stereocenters. The number of nitrogens with one attached hydrogen (secondary N) is 1. The molecule has 1 N–H and O–H groups in total. The predicted octanol–water partition coefficient (Wildman–Crippen LogP) is 4.67. The normalized spacial score (nSPS) is 9.78. The molecule has 0 radical (unpaired) electrons. The number of hydrogen-bond acceptors (Lipinski definition) is 2. The number of H-pyrrole nitrogens is 1. The first-order valence-corrected chi connectivity index (χ1v) is 6.72. The van der Waals surface area contributed by atoms with Crippen LogP contribution in [0.1, 0.15) is 48.0 Å². The fourth-order valence-electron chi connectivity index (χ4n) is 0.798. The molecule has 0 amide bonds. The Kier molecular flexibility index (Phi) is 8.89. The van der Waals surface area contributed by atoms with Gasteiger partial charge in [-0.15, -0.1) is 5.10 Å². The van der Waals surface area contributed by atoms with Crippen molar-refractivity contribution in [3.05, 3.63) is 24.5 Å². The van der Waals surface area contributed by atoms with E-state index in [0.29, 0.717) is 0 Å². The van der Waals surface area contributed by atoms with E-state index in [1.54, 1.807) is 6.20 Å². The van der Waals surface area contributed by atoms with E-state index in [4.69, 9.17) is 0 Å². The fraction of sp³-hybridized carbons (Fsp3) is 0.600. The largest absolute Gasteiger partial charge is 0.345 e. The molecule has 3 heteroatoms. The lowest BCUT2D eigenvalue weighted by Crippen LogP contribution is -1.77. The molecule has 102 valence electrons. The Morgan fingerprint density at radius 2 is 1.67 bits per heavy atom. The molecule has 0 saturated carbocycles. The highest BCUT2D eigenvalue weighted by Gasteiger charge is 1.89. The van der Waals surface area contributed by atoms with Crippen molar-refractivity contribution in [2.24, 2.45) is 11.8 Å². The lowest BCUT2D eigenvalue weighted by molar-refractivity contribution is 0.626. The van der Waals surface area contributed by atoms with Gasteiger partial charge in [0.1, 0.15) is 0 Å². The summed E-state index contributed by atoms with van der Waals surface area (Å²) < 4.78 is 0. The summed E-state index contributed by atoms with van der Waals surface area (Å²) in [4.78, 5) is 2.95. The topological polar surface area (TPSA) is 41.6 Å². The van der Waals surface area contributed by atoms with Crippen LogP contribution in [0.5, 0.6) is 0 Å². The molecule has 0 aromatic carbocycles. The van der Waals surface area contributed by atoms with Gasteiger partial charge in [0.05, 0.1) is 6.20 Å². The molecule has 18 heavy (non-hydrogen) atoms. The maximum atomic E-state index is 3.84. The zero-order valence-corrected chi connectivity index (χ0v) is 12.6. The summed E-state index contributed by atoms with van der Waals surface area (Å²) in [6, 6.07) is 3.88. The molecule has 0 saturated heterocycles. The molecular weight excluding hydrogens is 222 g/mol. The van der Waals surface area contributed by atoms with E-state index in [9.17, 15) is 0 Å². The van der Waals surface area contributed by atoms with Crippen molar-refractivity contribution in [2.45, 2.75) is 48.0 Å². The van der Waals surface area contributed by atoms with Gasteiger partial charge >= 0.3 is 0 Å². The standard InChI is InChI=1S/C6H5N3.C5H12.C4H10/c1-3-7-6-5(1)2-4-8-9-6;1-4-5(2)3;1-4(2)3/h1-4H,(H,7,9);5H,4H2,1-3H3;4H,1-3H3. The molecule has 3 nitrogen and oxygen atoms in total. The third-order valence-corrected chi connectivity index (χ3v) is 2.05. The Hall–Kier alpha value is -1.38. The highest BCUT2D eigenvalue weighted by molar-refractivity contribution is 5.73. The van der Waals surface area contributed by atoms with Gasteiger partial charge in [-0.05, 0) is 24.0 Å². The van der Waals surface area contributed by atoms with Crippen LogP contribution in [0.3, 0.4) is 0 Å². The summed E-state index contributed by atoms with van der Waals surface area (Å²) in [5.74, 6) is 1.72. The molecule has 0 aliphatic rings. The van der Waals surface area contributed by atoms with Crippen LogP contribution in [0.15, 0.2) is 24.5 Å². The summed E-state index contributed by atoms with van der Waals surface area (Å²) in [5, 5.41) is 8.64. The minimum Gasteiger partial charge on any atom is -0.345 e. The van der Waals surface area contributed by atoms with E-state index in [-0.39, 0.29) is 0 Å². The molecule has 0 atom stereocenters. The Balaban J connectivity index is 0.000000278. The van der Waals surface area contributed by atoms with Crippen molar-refractivity contribution < 1.29 is 0 Å². The Labute approximate surface area is 111 Å². The van der Waals surface area contributed by atoms with Gasteiger partial charge in [-0.1, -0.05) is 48.0 Å². The maximum absolute atomic E-state index is 3.84. The summed E-state index contributed by atoms with van der Waals surface area (Å²) >= 11 is 0. The minimum absolute atomic E-state index is 0.833. The van der Waals surface area contributed by atoms with E-state index in [1.165, 1.54) is 6.42 Å². The van der Waals surface area contributed by atoms with E-state index in [0.717, 1.165) is 22.9 Å². The van der Waals surface area contributed by atoms with Crippen molar-refractivity contribution in [3.63, 3.8) is 0 Å². The Morgan fingerprint density at radius 1 is 1.11 bits per heavy atom. The monoisotopic (exact) mass is 249 g/mol. The quantitative estimate of drug-likeness (QED) is 0.797. The summed E-state index contributed by atoms with van der Waals surface area (Å²) in [6.07, 6.45) is 4.83. The second-order valence-electron chi connectivity index (χ2n) is 5.35. The lowest BCUT2D eigenvalue weighted by Gasteiger charge is -1.90. The second-order valence-corrected chi connectivity index (χ2v) is 5.35. The van der Waals surface area contributed by atoms with Gasteiger partial charge in [-0.3, -0.25) is 0 Å². The van der Waals surface area contributed by atoms with Gasteiger partial charge < -0.3 is 4.98 Å². The van der Waals surface area contributed by atoms with Gasteiger partial charge in [0.25, 0.3) is 0 Å². The number of nitrogens with zero attached hydrogens (tertiary/aromatic N) is 2. The molecule has 2 heterocycles. The highest BCUT2D eigenvalue weighted by Crippen LogP contribution is 2.04. The average molecular weight is 249 g/mol. The van der Waals surface area contributed by atoms with Crippen molar-refractivity contribution in [2.75, 3.05) is 0 Å². The number of aromatic amines is 1. The van der Waals surface area contributed by atoms with Gasteiger partial charge in [-0.25, -0.2) is 0 Å². The van der Waals surface area contributed by atoms with Crippen molar-refractivity contribution in [1.82, 2.24) is 15.2 Å². The van der Waals surface area contributed by atoms with Gasteiger partial charge in [0.2, 0.25) is 0 Å².